The maximum Gasteiger partial charge on any atom is 0.0357 e. The van der Waals surface area contributed by atoms with Crippen LogP contribution in [-0.2, 0) is 0 Å². The largest absolute Gasteiger partial charge is 0.152 e. The van der Waals surface area contributed by atoms with Crippen molar-refractivity contribution in [1.82, 2.24) is 0 Å². The Morgan fingerprint density at radius 3 is 2.53 bits per heavy atom. The Bertz CT molecular complexity index is 480. The lowest BCUT2D eigenvalue weighted by atomic mass is 10.2. The second-order valence-corrected chi connectivity index (χ2v) is 5.83. The van der Waals surface area contributed by atoms with Crippen molar-refractivity contribution in [2.75, 3.05) is 0 Å². The highest BCUT2D eigenvalue weighted by Crippen LogP contribution is 2.35. The summed E-state index contributed by atoms with van der Waals surface area (Å²) in [6, 6.07) is 8.72. The molecule has 0 spiro atoms. The molecule has 0 aliphatic heterocycles. The molecule has 0 atom stereocenters. The molecule has 3 rings (SSSR count). The van der Waals surface area contributed by atoms with Gasteiger partial charge in [0.25, 0.3) is 0 Å². The van der Waals surface area contributed by atoms with Crippen molar-refractivity contribution < 1.29 is 0 Å². The highest BCUT2D eigenvalue weighted by molar-refractivity contribution is 7.16. The summed E-state index contributed by atoms with van der Waals surface area (Å²) in [4.78, 5) is 2.72. The molecule has 0 bridgehead atoms. The van der Waals surface area contributed by atoms with Gasteiger partial charge in [0.2, 0.25) is 0 Å². The van der Waals surface area contributed by atoms with Gasteiger partial charge in [-0.3, -0.25) is 0 Å². The van der Waals surface area contributed by atoms with Crippen molar-refractivity contribution >= 4 is 34.0 Å². The zero-order valence-electron chi connectivity index (χ0n) is 7.84. The Morgan fingerprint density at radius 1 is 0.800 bits per heavy atom. The third-order valence-electron chi connectivity index (χ3n) is 2.21. The van der Waals surface area contributed by atoms with E-state index in [1.54, 1.807) is 22.7 Å². The van der Waals surface area contributed by atoms with Gasteiger partial charge in [-0.05, 0) is 34.3 Å². The summed E-state index contributed by atoms with van der Waals surface area (Å²) >= 11 is 5.37. The fourth-order valence-corrected chi connectivity index (χ4v) is 3.89. The summed E-state index contributed by atoms with van der Waals surface area (Å²) in [6.45, 7) is 0. The molecule has 0 saturated carbocycles. The molecule has 3 aromatic rings. The number of hydrogen-bond donors (Lipinski definition) is 0. The number of hydrogen-bond acceptors (Lipinski definition) is 3. The SMILES string of the molecule is c1csc(-c2csc(-c3ccsc3)c2)c1. The van der Waals surface area contributed by atoms with Crippen LogP contribution >= 0.6 is 34.0 Å². The smallest absolute Gasteiger partial charge is 0.0357 e. The summed E-state index contributed by atoms with van der Waals surface area (Å²) in [5, 5.41) is 8.68. The highest BCUT2D eigenvalue weighted by atomic mass is 32.1. The van der Waals surface area contributed by atoms with Gasteiger partial charge >= 0.3 is 0 Å². The van der Waals surface area contributed by atoms with Crippen molar-refractivity contribution in [1.29, 1.82) is 0 Å². The lowest BCUT2D eigenvalue weighted by Crippen LogP contribution is -1.63. The van der Waals surface area contributed by atoms with Gasteiger partial charge in [-0.15, -0.1) is 22.7 Å². The molecule has 0 amide bonds. The molecule has 0 nitrogen and oxygen atoms in total. The van der Waals surface area contributed by atoms with Crippen molar-refractivity contribution in [3.8, 4) is 20.9 Å². The van der Waals surface area contributed by atoms with Crippen molar-refractivity contribution in [3.63, 3.8) is 0 Å². The van der Waals surface area contributed by atoms with Crippen LogP contribution in [0, 0.1) is 0 Å². The van der Waals surface area contributed by atoms with E-state index in [0.717, 1.165) is 0 Å². The number of thiophene rings is 3. The van der Waals surface area contributed by atoms with E-state index in [-0.39, 0.29) is 0 Å². The van der Waals surface area contributed by atoms with Gasteiger partial charge < -0.3 is 0 Å². The first-order chi connectivity index (χ1) is 7.43. The van der Waals surface area contributed by atoms with Crippen LogP contribution in [0.15, 0.2) is 45.8 Å². The van der Waals surface area contributed by atoms with E-state index in [4.69, 9.17) is 0 Å². The molecule has 0 unspecified atom stereocenters. The maximum atomic E-state index is 2.28. The summed E-state index contributed by atoms with van der Waals surface area (Å²) in [5.74, 6) is 0. The van der Waals surface area contributed by atoms with Crippen LogP contribution in [0.4, 0.5) is 0 Å². The fourth-order valence-electron chi connectivity index (χ4n) is 1.46. The Balaban J connectivity index is 2.02. The predicted molar refractivity (Wildman–Crippen MR) is 70.9 cm³/mol. The molecule has 0 aliphatic carbocycles. The Kier molecular flexibility index (Phi) is 2.44. The highest BCUT2D eigenvalue weighted by Gasteiger charge is 2.05. The molecular weight excluding hydrogens is 240 g/mol. The molecule has 74 valence electrons. The van der Waals surface area contributed by atoms with Crippen LogP contribution in [0.2, 0.25) is 0 Å². The van der Waals surface area contributed by atoms with Crippen LogP contribution < -0.4 is 0 Å². The molecule has 0 aromatic carbocycles. The first-order valence-electron chi connectivity index (χ1n) is 4.58. The monoisotopic (exact) mass is 248 g/mol. The first-order valence-corrected chi connectivity index (χ1v) is 7.29. The van der Waals surface area contributed by atoms with Crippen molar-refractivity contribution in [2.24, 2.45) is 0 Å². The van der Waals surface area contributed by atoms with Gasteiger partial charge in [-0.25, -0.2) is 0 Å². The standard InChI is InChI=1S/C12H8S3/c1-2-11(14-4-1)10-6-12(15-8-10)9-3-5-13-7-9/h1-8H. The minimum Gasteiger partial charge on any atom is -0.152 e. The topological polar surface area (TPSA) is 0 Å². The average molecular weight is 248 g/mol. The quantitative estimate of drug-likeness (QED) is 0.584. The van der Waals surface area contributed by atoms with Gasteiger partial charge in [0.1, 0.15) is 0 Å². The van der Waals surface area contributed by atoms with Crippen LogP contribution in [0.3, 0.4) is 0 Å². The second kappa shape index (κ2) is 3.93. The van der Waals surface area contributed by atoms with E-state index in [1.165, 1.54) is 20.9 Å². The third-order valence-corrected chi connectivity index (χ3v) is 4.79. The van der Waals surface area contributed by atoms with E-state index in [2.05, 4.69) is 45.8 Å². The molecule has 3 heteroatoms. The summed E-state index contributed by atoms with van der Waals surface area (Å²) < 4.78 is 0. The molecular formula is C12H8S3. The Labute approximate surface area is 100 Å². The van der Waals surface area contributed by atoms with Gasteiger partial charge in [0, 0.05) is 26.3 Å². The fraction of sp³-hybridized carbons (Fsp3) is 0. The molecule has 15 heavy (non-hydrogen) atoms. The molecule has 3 heterocycles. The summed E-state index contributed by atoms with van der Waals surface area (Å²) in [6.07, 6.45) is 0. The van der Waals surface area contributed by atoms with Gasteiger partial charge in [0.15, 0.2) is 0 Å². The molecule has 0 radical (unpaired) electrons. The van der Waals surface area contributed by atoms with E-state index in [9.17, 15) is 0 Å². The molecule has 3 aromatic heterocycles. The molecule has 0 fully saturated rings. The average Bonchev–Trinajstić information content (AvgIpc) is 3.02. The van der Waals surface area contributed by atoms with Crippen LogP contribution in [0.5, 0.6) is 0 Å². The molecule has 0 aliphatic rings. The lowest BCUT2D eigenvalue weighted by molar-refractivity contribution is 1.85. The van der Waals surface area contributed by atoms with E-state index < -0.39 is 0 Å². The maximum absolute atomic E-state index is 2.28. The van der Waals surface area contributed by atoms with Gasteiger partial charge in [0.05, 0.1) is 0 Å². The van der Waals surface area contributed by atoms with Crippen LogP contribution in [0.1, 0.15) is 0 Å². The minimum atomic E-state index is 1.34. The second-order valence-electron chi connectivity index (χ2n) is 3.19. The Morgan fingerprint density at radius 2 is 1.80 bits per heavy atom. The van der Waals surface area contributed by atoms with Gasteiger partial charge in [-0.1, -0.05) is 6.07 Å². The zero-order chi connectivity index (χ0) is 10.1. The van der Waals surface area contributed by atoms with E-state index in [0.29, 0.717) is 0 Å². The summed E-state index contributed by atoms with van der Waals surface area (Å²) in [5.41, 5.74) is 2.68. The summed E-state index contributed by atoms with van der Waals surface area (Å²) in [7, 11) is 0. The normalized spacial score (nSPS) is 10.7. The predicted octanol–water partition coefficient (Wildman–Crippen LogP) is 5.21. The first kappa shape index (κ1) is 9.33. The van der Waals surface area contributed by atoms with Gasteiger partial charge in [-0.2, -0.15) is 11.3 Å². The minimum absolute atomic E-state index is 1.34. The zero-order valence-corrected chi connectivity index (χ0v) is 10.3. The van der Waals surface area contributed by atoms with Crippen molar-refractivity contribution in [3.05, 3.63) is 45.8 Å². The van der Waals surface area contributed by atoms with Crippen molar-refractivity contribution in [2.45, 2.75) is 0 Å². The Hall–Kier alpha value is -0.900. The number of rotatable bonds is 2. The molecule has 0 saturated heterocycles. The lowest BCUT2D eigenvalue weighted by Gasteiger charge is -1.89. The van der Waals surface area contributed by atoms with E-state index >= 15 is 0 Å². The van der Waals surface area contributed by atoms with Crippen LogP contribution in [0.25, 0.3) is 20.9 Å². The van der Waals surface area contributed by atoms with E-state index in [1.807, 2.05) is 11.3 Å². The van der Waals surface area contributed by atoms with Crippen LogP contribution in [-0.4, -0.2) is 0 Å². The molecule has 0 N–H and O–H groups in total. The third kappa shape index (κ3) is 1.78.